The zero-order valence-electron chi connectivity index (χ0n) is 13.4. The van der Waals surface area contributed by atoms with Gasteiger partial charge in [-0.3, -0.25) is 4.79 Å². The summed E-state index contributed by atoms with van der Waals surface area (Å²) in [4.78, 5) is 16.7. The maximum absolute atomic E-state index is 12.3. The van der Waals surface area contributed by atoms with Crippen molar-refractivity contribution in [1.82, 2.24) is 9.88 Å². The number of carbonyl (C=O) groups excluding carboxylic acids is 1. The summed E-state index contributed by atoms with van der Waals surface area (Å²) in [6.45, 7) is 2.89. The average Bonchev–Trinajstić information content (AvgIpc) is 3.04. The maximum atomic E-state index is 12.3. The fraction of sp³-hybridized carbons (Fsp3) is 0.294. The highest BCUT2D eigenvalue weighted by Crippen LogP contribution is 2.28. The highest BCUT2D eigenvalue weighted by Gasteiger charge is 2.15. The second-order valence-corrected chi connectivity index (χ2v) is 4.99. The lowest BCUT2D eigenvalue weighted by molar-refractivity contribution is 0.0780. The molecule has 2 aromatic rings. The van der Waals surface area contributed by atoms with Crippen molar-refractivity contribution in [3.05, 3.63) is 47.3 Å². The Labute approximate surface area is 135 Å². The van der Waals surface area contributed by atoms with Gasteiger partial charge >= 0.3 is 0 Å². The van der Waals surface area contributed by atoms with Crippen LogP contribution in [-0.4, -0.2) is 36.6 Å². The first-order chi connectivity index (χ1) is 11.1. The van der Waals surface area contributed by atoms with Crippen LogP contribution in [0.4, 0.5) is 0 Å². The molecule has 2 rings (SSSR count). The molecular formula is C17H19N3O3. The summed E-state index contributed by atoms with van der Waals surface area (Å²) < 4.78 is 10.8. The molecule has 1 aromatic carbocycles. The predicted molar refractivity (Wildman–Crippen MR) is 85.5 cm³/mol. The molecule has 120 valence electrons. The Hall–Kier alpha value is -2.94. The molecule has 0 unspecified atom stereocenters. The number of methoxy groups -OCH3 is 1. The molecular weight excluding hydrogens is 294 g/mol. The number of nitrogens with one attached hydrogen (secondary N) is 1. The van der Waals surface area contributed by atoms with Crippen molar-refractivity contribution >= 4 is 5.91 Å². The van der Waals surface area contributed by atoms with Gasteiger partial charge in [0.25, 0.3) is 5.91 Å². The zero-order valence-corrected chi connectivity index (χ0v) is 13.4. The molecule has 0 fully saturated rings. The molecule has 0 bridgehead atoms. The van der Waals surface area contributed by atoms with Gasteiger partial charge in [-0.2, -0.15) is 5.26 Å². The molecule has 0 saturated carbocycles. The molecule has 0 aliphatic rings. The van der Waals surface area contributed by atoms with Crippen molar-refractivity contribution in [2.45, 2.75) is 13.5 Å². The molecule has 23 heavy (non-hydrogen) atoms. The number of aromatic amines is 1. The zero-order chi connectivity index (χ0) is 16.8. The van der Waals surface area contributed by atoms with Crippen molar-refractivity contribution in [3.8, 4) is 17.6 Å². The largest absolute Gasteiger partial charge is 0.493 e. The number of nitrogens with zero attached hydrogens (tertiary/aromatic N) is 2. The van der Waals surface area contributed by atoms with Gasteiger partial charge in [-0.1, -0.05) is 6.07 Å². The highest BCUT2D eigenvalue weighted by atomic mass is 16.5. The molecule has 1 heterocycles. The number of carbonyl (C=O) groups is 1. The Morgan fingerprint density at radius 2 is 2.13 bits per heavy atom. The SMILES string of the molecule is CCOc1ccc(CN(C)C(=O)c2cc(C#N)c[nH]2)cc1OC. The third-order valence-electron chi connectivity index (χ3n) is 3.34. The summed E-state index contributed by atoms with van der Waals surface area (Å²) in [6.07, 6.45) is 1.51. The lowest BCUT2D eigenvalue weighted by Crippen LogP contribution is -2.26. The number of hydrogen-bond acceptors (Lipinski definition) is 4. The molecule has 6 heteroatoms. The number of hydrogen-bond donors (Lipinski definition) is 1. The standard InChI is InChI=1S/C17H19N3O3/c1-4-23-15-6-5-12(8-16(15)22-3)11-20(2)17(21)14-7-13(9-18)10-19-14/h5-8,10,19H,4,11H2,1-3H3. The van der Waals surface area contributed by atoms with Crippen LogP contribution in [0.15, 0.2) is 30.5 Å². The van der Waals surface area contributed by atoms with E-state index in [0.29, 0.717) is 35.9 Å². The van der Waals surface area contributed by atoms with E-state index in [4.69, 9.17) is 14.7 Å². The molecule has 0 radical (unpaired) electrons. The minimum Gasteiger partial charge on any atom is -0.493 e. The number of ether oxygens (including phenoxy) is 2. The van der Waals surface area contributed by atoms with E-state index in [-0.39, 0.29) is 5.91 Å². The topological polar surface area (TPSA) is 78.4 Å². The first-order valence-corrected chi connectivity index (χ1v) is 7.22. The van der Waals surface area contributed by atoms with Crippen molar-refractivity contribution in [2.75, 3.05) is 20.8 Å². The first kappa shape index (κ1) is 16.4. The molecule has 1 N–H and O–H groups in total. The van der Waals surface area contributed by atoms with Crippen LogP contribution in [0.1, 0.15) is 28.5 Å². The minimum atomic E-state index is -0.181. The molecule has 6 nitrogen and oxygen atoms in total. The third-order valence-corrected chi connectivity index (χ3v) is 3.34. The van der Waals surface area contributed by atoms with Crippen LogP contribution in [0, 0.1) is 11.3 Å². The Bertz CT molecular complexity index is 731. The summed E-state index contributed by atoms with van der Waals surface area (Å²) in [5.74, 6) is 1.13. The van der Waals surface area contributed by atoms with E-state index in [1.54, 1.807) is 19.1 Å². The highest BCUT2D eigenvalue weighted by molar-refractivity contribution is 5.92. The number of nitriles is 1. The summed E-state index contributed by atoms with van der Waals surface area (Å²) in [6, 6.07) is 9.11. The van der Waals surface area contributed by atoms with Gasteiger partial charge in [-0.05, 0) is 30.7 Å². The van der Waals surface area contributed by atoms with Crippen LogP contribution < -0.4 is 9.47 Å². The lowest BCUT2D eigenvalue weighted by Gasteiger charge is -2.18. The number of amides is 1. The van der Waals surface area contributed by atoms with E-state index >= 15 is 0 Å². The van der Waals surface area contributed by atoms with Crippen molar-refractivity contribution in [2.24, 2.45) is 0 Å². The molecule has 0 spiro atoms. The second-order valence-electron chi connectivity index (χ2n) is 4.99. The van der Waals surface area contributed by atoms with Gasteiger partial charge in [0.1, 0.15) is 11.8 Å². The van der Waals surface area contributed by atoms with E-state index in [0.717, 1.165) is 5.56 Å². The van der Waals surface area contributed by atoms with Crippen LogP contribution >= 0.6 is 0 Å². The third kappa shape index (κ3) is 3.83. The lowest BCUT2D eigenvalue weighted by atomic mass is 10.2. The van der Waals surface area contributed by atoms with E-state index in [1.165, 1.54) is 12.3 Å². The van der Waals surface area contributed by atoms with E-state index in [1.807, 2.05) is 31.2 Å². The molecule has 0 aliphatic heterocycles. The van der Waals surface area contributed by atoms with E-state index in [2.05, 4.69) is 4.98 Å². The summed E-state index contributed by atoms with van der Waals surface area (Å²) in [5, 5.41) is 8.81. The molecule has 0 saturated heterocycles. The van der Waals surface area contributed by atoms with E-state index in [9.17, 15) is 4.79 Å². The Balaban J connectivity index is 2.11. The number of rotatable bonds is 6. The predicted octanol–water partition coefficient (Wildman–Crippen LogP) is 2.57. The summed E-state index contributed by atoms with van der Waals surface area (Å²) >= 11 is 0. The molecule has 0 aliphatic carbocycles. The van der Waals surface area contributed by atoms with Gasteiger partial charge in [-0.15, -0.1) is 0 Å². The van der Waals surface area contributed by atoms with Crippen molar-refractivity contribution in [3.63, 3.8) is 0 Å². The first-order valence-electron chi connectivity index (χ1n) is 7.22. The van der Waals surface area contributed by atoms with Gasteiger partial charge in [-0.25, -0.2) is 0 Å². The van der Waals surface area contributed by atoms with Crippen LogP contribution in [0.3, 0.4) is 0 Å². The van der Waals surface area contributed by atoms with Gasteiger partial charge < -0.3 is 19.4 Å². The maximum Gasteiger partial charge on any atom is 0.270 e. The Morgan fingerprint density at radius 1 is 1.35 bits per heavy atom. The number of H-pyrrole nitrogens is 1. The molecule has 0 atom stereocenters. The normalized spacial score (nSPS) is 10.0. The van der Waals surface area contributed by atoms with Crippen LogP contribution in [0.2, 0.25) is 0 Å². The second kappa shape index (κ2) is 7.36. The van der Waals surface area contributed by atoms with Gasteiger partial charge in [0.15, 0.2) is 11.5 Å². The number of benzene rings is 1. The number of aromatic nitrogens is 1. The Kier molecular flexibility index (Phi) is 5.26. The molecule has 1 aromatic heterocycles. The minimum absolute atomic E-state index is 0.181. The molecule has 1 amide bonds. The van der Waals surface area contributed by atoms with Crippen LogP contribution in [0.25, 0.3) is 0 Å². The Morgan fingerprint density at radius 3 is 2.74 bits per heavy atom. The monoisotopic (exact) mass is 313 g/mol. The summed E-state index contributed by atoms with van der Waals surface area (Å²) in [7, 11) is 3.29. The van der Waals surface area contributed by atoms with Gasteiger partial charge in [0.05, 0.1) is 19.3 Å². The van der Waals surface area contributed by atoms with Crippen LogP contribution in [-0.2, 0) is 6.54 Å². The average molecular weight is 313 g/mol. The van der Waals surface area contributed by atoms with E-state index < -0.39 is 0 Å². The van der Waals surface area contributed by atoms with Crippen molar-refractivity contribution in [1.29, 1.82) is 5.26 Å². The van der Waals surface area contributed by atoms with Gasteiger partial charge in [0.2, 0.25) is 0 Å². The van der Waals surface area contributed by atoms with Crippen molar-refractivity contribution < 1.29 is 14.3 Å². The fourth-order valence-corrected chi connectivity index (χ4v) is 2.22. The quantitative estimate of drug-likeness (QED) is 0.889. The fourth-order valence-electron chi connectivity index (χ4n) is 2.22. The smallest absolute Gasteiger partial charge is 0.270 e. The van der Waals surface area contributed by atoms with Gasteiger partial charge in [0, 0.05) is 19.8 Å². The summed E-state index contributed by atoms with van der Waals surface area (Å²) in [5.41, 5.74) is 1.75. The van der Waals surface area contributed by atoms with Crippen LogP contribution in [0.5, 0.6) is 11.5 Å².